The van der Waals surface area contributed by atoms with Gasteiger partial charge in [0.15, 0.2) is 0 Å². The maximum absolute atomic E-state index is 11.8. The monoisotopic (exact) mass is 241 g/mol. The molecule has 2 N–H and O–H groups in total. The average molecular weight is 241 g/mol. The zero-order chi connectivity index (χ0) is 12.4. The first-order valence-corrected chi connectivity index (χ1v) is 5.51. The number of likely N-dealkylation sites (N-methyl/N-ethyl adjacent to an activating group) is 1. The first kappa shape index (κ1) is 12.0. The Hall–Kier alpha value is -1.47. The third kappa shape index (κ3) is 2.45. The molecule has 0 saturated carbocycles. The summed E-state index contributed by atoms with van der Waals surface area (Å²) in [6.07, 6.45) is 0.0364. The summed E-state index contributed by atoms with van der Waals surface area (Å²) in [5.41, 5.74) is 0. The molecule has 7 nitrogen and oxygen atoms in total. The first-order valence-electron chi connectivity index (χ1n) is 5.51. The second-order valence-corrected chi connectivity index (χ2v) is 4.14. The van der Waals surface area contributed by atoms with Crippen molar-refractivity contribution < 1.29 is 19.1 Å². The molecule has 0 aliphatic carbocycles. The Bertz CT molecular complexity index is 351. The molecule has 2 aliphatic rings. The molecule has 2 fully saturated rings. The average Bonchev–Trinajstić information content (AvgIpc) is 2.58. The highest BCUT2D eigenvalue weighted by Gasteiger charge is 2.38. The number of hydrogen-bond acceptors (Lipinski definition) is 5. The van der Waals surface area contributed by atoms with Crippen molar-refractivity contribution in [2.45, 2.75) is 18.5 Å². The van der Waals surface area contributed by atoms with Crippen LogP contribution < -0.4 is 10.6 Å². The summed E-state index contributed by atoms with van der Waals surface area (Å²) in [7, 11) is 1.42. The molecule has 2 saturated heterocycles. The van der Waals surface area contributed by atoms with E-state index < -0.39 is 12.1 Å². The first-order chi connectivity index (χ1) is 8.09. The number of morpholine rings is 1. The number of imide groups is 1. The van der Waals surface area contributed by atoms with Gasteiger partial charge in [-0.1, -0.05) is 0 Å². The third-order valence-corrected chi connectivity index (χ3v) is 2.94. The molecule has 0 aromatic rings. The molecular formula is C10H15N3O4. The van der Waals surface area contributed by atoms with Crippen LogP contribution in [0.1, 0.15) is 6.42 Å². The predicted molar refractivity (Wildman–Crippen MR) is 56.9 cm³/mol. The zero-order valence-electron chi connectivity index (χ0n) is 9.56. The molecule has 0 aromatic carbocycles. The topological polar surface area (TPSA) is 87.7 Å². The van der Waals surface area contributed by atoms with Crippen LogP contribution in [0.25, 0.3) is 0 Å². The number of ether oxygens (including phenoxy) is 1. The number of carbonyl (C=O) groups excluding carboxylic acids is 3. The summed E-state index contributed by atoms with van der Waals surface area (Å²) in [5.74, 6) is -0.931. The quantitative estimate of drug-likeness (QED) is 0.538. The van der Waals surface area contributed by atoms with Gasteiger partial charge < -0.3 is 15.4 Å². The van der Waals surface area contributed by atoms with Gasteiger partial charge in [-0.2, -0.15) is 0 Å². The molecule has 2 unspecified atom stereocenters. The summed E-state index contributed by atoms with van der Waals surface area (Å²) in [6.45, 7) is 1.47. The Labute approximate surface area is 98.5 Å². The fourth-order valence-electron chi connectivity index (χ4n) is 1.87. The third-order valence-electron chi connectivity index (χ3n) is 2.94. The van der Waals surface area contributed by atoms with Crippen molar-refractivity contribution in [2.75, 3.05) is 26.8 Å². The molecule has 0 spiro atoms. The van der Waals surface area contributed by atoms with Gasteiger partial charge in [-0.05, 0) is 0 Å². The number of nitrogens with zero attached hydrogens (tertiary/aromatic N) is 1. The number of amides is 3. The maximum atomic E-state index is 11.8. The van der Waals surface area contributed by atoms with Gasteiger partial charge in [0.25, 0.3) is 5.91 Å². The SMILES string of the molecule is CN1C(=O)CC(NC(=O)C2COCCN2)C1=O. The van der Waals surface area contributed by atoms with Gasteiger partial charge in [0.2, 0.25) is 11.8 Å². The smallest absolute Gasteiger partial charge is 0.252 e. The number of carbonyl (C=O) groups is 3. The molecule has 2 aliphatic heterocycles. The van der Waals surface area contributed by atoms with Crippen molar-refractivity contribution in [3.05, 3.63) is 0 Å². The summed E-state index contributed by atoms with van der Waals surface area (Å²) in [5, 5.41) is 5.55. The lowest BCUT2D eigenvalue weighted by molar-refractivity contribution is -0.138. The maximum Gasteiger partial charge on any atom is 0.252 e. The molecule has 7 heteroatoms. The molecular weight excluding hydrogens is 226 g/mol. The van der Waals surface area contributed by atoms with Crippen molar-refractivity contribution in [1.29, 1.82) is 0 Å². The lowest BCUT2D eigenvalue weighted by Gasteiger charge is -2.24. The van der Waals surface area contributed by atoms with Crippen LogP contribution in [0.15, 0.2) is 0 Å². The van der Waals surface area contributed by atoms with Gasteiger partial charge in [-0.15, -0.1) is 0 Å². The molecule has 94 valence electrons. The van der Waals surface area contributed by atoms with Gasteiger partial charge in [0.1, 0.15) is 12.1 Å². The van der Waals surface area contributed by atoms with E-state index >= 15 is 0 Å². The largest absolute Gasteiger partial charge is 0.378 e. The van der Waals surface area contributed by atoms with E-state index in [0.717, 1.165) is 4.90 Å². The minimum atomic E-state index is -0.733. The van der Waals surface area contributed by atoms with Crippen molar-refractivity contribution in [3.63, 3.8) is 0 Å². The fraction of sp³-hybridized carbons (Fsp3) is 0.700. The van der Waals surface area contributed by atoms with E-state index in [4.69, 9.17) is 4.74 Å². The molecule has 3 amide bonds. The molecule has 2 rings (SSSR count). The number of likely N-dealkylation sites (tertiary alicyclic amines) is 1. The van der Waals surface area contributed by atoms with Crippen molar-refractivity contribution in [3.8, 4) is 0 Å². The van der Waals surface area contributed by atoms with E-state index in [9.17, 15) is 14.4 Å². The lowest BCUT2D eigenvalue weighted by atomic mass is 10.2. The Balaban J connectivity index is 1.90. The zero-order valence-corrected chi connectivity index (χ0v) is 9.56. The predicted octanol–water partition coefficient (Wildman–Crippen LogP) is -2.15. The molecule has 0 aromatic heterocycles. The van der Waals surface area contributed by atoms with E-state index in [1.165, 1.54) is 7.05 Å². The fourth-order valence-corrected chi connectivity index (χ4v) is 1.87. The second-order valence-electron chi connectivity index (χ2n) is 4.14. The summed E-state index contributed by atoms with van der Waals surface area (Å²) in [4.78, 5) is 35.7. The van der Waals surface area contributed by atoms with Gasteiger partial charge in [0, 0.05) is 13.6 Å². The molecule has 2 heterocycles. The highest BCUT2D eigenvalue weighted by Crippen LogP contribution is 2.10. The molecule has 17 heavy (non-hydrogen) atoms. The summed E-state index contributed by atoms with van der Waals surface area (Å²) < 4.78 is 5.15. The highest BCUT2D eigenvalue weighted by atomic mass is 16.5. The number of nitrogens with one attached hydrogen (secondary N) is 2. The van der Waals surface area contributed by atoms with Gasteiger partial charge >= 0.3 is 0 Å². The van der Waals surface area contributed by atoms with Crippen LogP contribution in [0.5, 0.6) is 0 Å². The molecule has 2 atom stereocenters. The van der Waals surface area contributed by atoms with E-state index in [0.29, 0.717) is 13.2 Å². The van der Waals surface area contributed by atoms with Crippen molar-refractivity contribution in [2.24, 2.45) is 0 Å². The normalized spacial score (nSPS) is 29.6. The number of rotatable bonds is 2. The van der Waals surface area contributed by atoms with Crippen LogP contribution in [0, 0.1) is 0 Å². The molecule has 0 bridgehead atoms. The second kappa shape index (κ2) is 4.80. The molecule has 0 radical (unpaired) electrons. The summed E-state index contributed by atoms with van der Waals surface area (Å²) in [6, 6.07) is -1.18. The van der Waals surface area contributed by atoms with E-state index in [2.05, 4.69) is 10.6 Å². The van der Waals surface area contributed by atoms with Crippen LogP contribution in [0.4, 0.5) is 0 Å². The van der Waals surface area contributed by atoms with Crippen LogP contribution >= 0.6 is 0 Å². The standard InChI is InChI=1S/C10H15N3O4/c1-13-8(14)4-6(10(13)16)12-9(15)7-5-17-3-2-11-7/h6-7,11H,2-5H2,1H3,(H,12,15). The number of hydrogen-bond donors (Lipinski definition) is 2. The van der Waals surface area contributed by atoms with Crippen LogP contribution in [-0.2, 0) is 19.1 Å². The van der Waals surface area contributed by atoms with Crippen LogP contribution in [0.2, 0.25) is 0 Å². The Morgan fingerprint density at radius 2 is 2.29 bits per heavy atom. The van der Waals surface area contributed by atoms with Crippen LogP contribution in [0.3, 0.4) is 0 Å². The van der Waals surface area contributed by atoms with Crippen molar-refractivity contribution in [1.82, 2.24) is 15.5 Å². The van der Waals surface area contributed by atoms with Gasteiger partial charge in [0.05, 0.1) is 19.6 Å². The van der Waals surface area contributed by atoms with Gasteiger partial charge in [-0.25, -0.2) is 0 Å². The Morgan fingerprint density at radius 1 is 1.53 bits per heavy atom. The Kier molecular flexibility index (Phi) is 3.39. The minimum absolute atomic E-state index is 0.0364. The lowest BCUT2D eigenvalue weighted by Crippen LogP contribution is -2.54. The van der Waals surface area contributed by atoms with E-state index in [1.54, 1.807) is 0 Å². The van der Waals surface area contributed by atoms with E-state index in [1.807, 2.05) is 0 Å². The Morgan fingerprint density at radius 3 is 2.82 bits per heavy atom. The van der Waals surface area contributed by atoms with Crippen molar-refractivity contribution >= 4 is 17.7 Å². The van der Waals surface area contributed by atoms with Crippen LogP contribution in [-0.4, -0.2) is 61.5 Å². The summed E-state index contributed by atoms with van der Waals surface area (Å²) >= 11 is 0. The van der Waals surface area contributed by atoms with E-state index in [-0.39, 0.29) is 30.7 Å². The minimum Gasteiger partial charge on any atom is -0.378 e. The van der Waals surface area contributed by atoms with Gasteiger partial charge in [-0.3, -0.25) is 19.3 Å². The highest BCUT2D eigenvalue weighted by molar-refractivity contribution is 6.06.